The summed E-state index contributed by atoms with van der Waals surface area (Å²) < 4.78 is 5.28. The molecule has 8 heteroatoms. The predicted molar refractivity (Wildman–Crippen MR) is 132 cm³/mol. The van der Waals surface area contributed by atoms with Crippen LogP contribution in [-0.2, 0) is 4.74 Å². The number of nitro benzene ring substituents is 1. The van der Waals surface area contributed by atoms with Crippen molar-refractivity contribution in [3.05, 3.63) is 116 Å². The molecule has 3 aromatic carbocycles. The number of benzene rings is 3. The lowest BCUT2D eigenvalue weighted by atomic mass is 9.76. The molecule has 7 nitrogen and oxygen atoms in total. The number of carbonyl (C=O) groups is 2. The molecule has 1 heterocycles. The van der Waals surface area contributed by atoms with Gasteiger partial charge in [-0.05, 0) is 65.9 Å². The van der Waals surface area contributed by atoms with E-state index in [1.807, 2.05) is 12.1 Å². The van der Waals surface area contributed by atoms with E-state index < -0.39 is 10.9 Å². The largest absolute Gasteiger partial charge is 0.454 e. The number of nitrogens with zero attached hydrogens (tertiary/aromatic N) is 1. The minimum absolute atomic E-state index is 0.0156. The maximum atomic E-state index is 12.7. The van der Waals surface area contributed by atoms with E-state index in [9.17, 15) is 19.7 Å². The second kappa shape index (κ2) is 9.35. The van der Waals surface area contributed by atoms with Gasteiger partial charge in [0.25, 0.3) is 5.69 Å². The third-order valence-electron chi connectivity index (χ3n) is 6.56. The molecular weight excluding hydrogens is 468 g/mol. The number of anilines is 1. The molecule has 0 aromatic heterocycles. The summed E-state index contributed by atoms with van der Waals surface area (Å²) in [5.41, 5.74) is 3.72. The third kappa shape index (κ3) is 4.55. The van der Waals surface area contributed by atoms with Gasteiger partial charge in [-0.1, -0.05) is 35.9 Å². The first-order valence-electron chi connectivity index (χ1n) is 11.2. The van der Waals surface area contributed by atoms with E-state index in [0.717, 1.165) is 23.2 Å². The zero-order valence-corrected chi connectivity index (χ0v) is 19.3. The minimum atomic E-state index is -0.564. The van der Waals surface area contributed by atoms with Gasteiger partial charge in [0, 0.05) is 34.3 Å². The zero-order chi connectivity index (χ0) is 24.5. The highest BCUT2D eigenvalue weighted by Gasteiger charge is 2.38. The molecule has 1 N–H and O–H groups in total. The number of nitrogens with one attached hydrogen (secondary N) is 1. The third-order valence-corrected chi connectivity index (χ3v) is 6.81. The van der Waals surface area contributed by atoms with Crippen LogP contribution in [0.4, 0.5) is 11.4 Å². The summed E-state index contributed by atoms with van der Waals surface area (Å²) >= 11 is 5.85. The Hall–Kier alpha value is -3.97. The van der Waals surface area contributed by atoms with E-state index in [4.69, 9.17) is 16.3 Å². The van der Waals surface area contributed by atoms with Crippen LogP contribution in [0.3, 0.4) is 0 Å². The van der Waals surface area contributed by atoms with Crippen LogP contribution in [0.15, 0.2) is 78.9 Å². The lowest BCUT2D eigenvalue weighted by Gasteiger charge is -2.37. The van der Waals surface area contributed by atoms with Gasteiger partial charge in [0.05, 0.1) is 16.5 Å². The Bertz CT molecular complexity index is 1330. The van der Waals surface area contributed by atoms with Crippen LogP contribution in [0.1, 0.15) is 50.2 Å². The van der Waals surface area contributed by atoms with Crippen LogP contribution in [0.25, 0.3) is 0 Å². The van der Waals surface area contributed by atoms with Gasteiger partial charge in [0.15, 0.2) is 12.4 Å². The summed E-state index contributed by atoms with van der Waals surface area (Å²) in [6.45, 7) is -0.357. The fraction of sp³-hybridized carbons (Fsp3) is 0.185. The Labute approximate surface area is 206 Å². The average Bonchev–Trinajstić information content (AvgIpc) is 3.37. The second-order valence-electron chi connectivity index (χ2n) is 8.63. The van der Waals surface area contributed by atoms with Crippen LogP contribution in [-0.4, -0.2) is 23.3 Å². The van der Waals surface area contributed by atoms with Crippen LogP contribution in [0.5, 0.6) is 0 Å². The van der Waals surface area contributed by atoms with Crippen molar-refractivity contribution in [2.24, 2.45) is 5.92 Å². The molecule has 0 saturated heterocycles. The molecule has 0 spiro atoms. The Balaban J connectivity index is 1.33. The maximum Gasteiger partial charge on any atom is 0.338 e. The van der Waals surface area contributed by atoms with Gasteiger partial charge in [0.1, 0.15) is 0 Å². The highest BCUT2D eigenvalue weighted by atomic mass is 35.5. The highest BCUT2D eigenvalue weighted by Crippen LogP contribution is 2.50. The van der Waals surface area contributed by atoms with Crippen LogP contribution in [0.2, 0.25) is 5.02 Å². The number of ether oxygens (including phenoxy) is 1. The highest BCUT2D eigenvalue weighted by molar-refractivity contribution is 6.30. The van der Waals surface area contributed by atoms with E-state index in [1.54, 1.807) is 42.5 Å². The summed E-state index contributed by atoms with van der Waals surface area (Å²) in [7, 11) is 0. The Morgan fingerprint density at radius 1 is 1.03 bits per heavy atom. The van der Waals surface area contributed by atoms with Gasteiger partial charge in [-0.25, -0.2) is 4.79 Å². The molecule has 0 saturated carbocycles. The SMILES string of the molecule is O=C(COC(=O)c1ccc2c(c1)[C@@H]1C=CC[C@H]1[C@H](c1ccc([N+](=O)[O-])cc1)N2)c1ccc(Cl)cc1. The molecule has 2 aliphatic rings. The number of rotatable bonds is 6. The number of halogens is 1. The van der Waals surface area contributed by atoms with Gasteiger partial charge in [-0.2, -0.15) is 0 Å². The average molecular weight is 489 g/mol. The molecule has 0 bridgehead atoms. The first kappa shape index (κ1) is 22.8. The summed E-state index contributed by atoms with van der Waals surface area (Å²) in [5.74, 6) is -0.567. The first-order valence-corrected chi connectivity index (χ1v) is 11.6. The summed E-state index contributed by atoms with van der Waals surface area (Å²) in [6, 6.07) is 18.4. The van der Waals surface area contributed by atoms with E-state index in [0.29, 0.717) is 16.1 Å². The maximum absolute atomic E-state index is 12.7. The monoisotopic (exact) mass is 488 g/mol. The smallest absolute Gasteiger partial charge is 0.338 e. The van der Waals surface area contributed by atoms with Crippen molar-refractivity contribution < 1.29 is 19.2 Å². The topological polar surface area (TPSA) is 98.5 Å². The number of Topliss-reactive ketones (excluding diaryl/α,β-unsaturated/α-hetero) is 1. The molecule has 0 radical (unpaired) electrons. The van der Waals surface area contributed by atoms with Crippen molar-refractivity contribution in [1.29, 1.82) is 0 Å². The van der Waals surface area contributed by atoms with E-state index in [-0.39, 0.29) is 36.0 Å². The molecule has 0 fully saturated rings. The molecule has 0 unspecified atom stereocenters. The van der Waals surface area contributed by atoms with E-state index in [2.05, 4.69) is 17.5 Å². The zero-order valence-electron chi connectivity index (χ0n) is 18.5. The lowest BCUT2D eigenvalue weighted by Crippen LogP contribution is -2.29. The molecule has 3 atom stereocenters. The Kier molecular flexibility index (Phi) is 6.09. The molecule has 1 aliphatic carbocycles. The van der Waals surface area contributed by atoms with Crippen molar-refractivity contribution in [1.82, 2.24) is 0 Å². The quantitative estimate of drug-likeness (QED) is 0.148. The number of esters is 1. The summed E-state index contributed by atoms with van der Waals surface area (Å²) in [4.78, 5) is 35.6. The number of hydrogen-bond donors (Lipinski definition) is 1. The predicted octanol–water partition coefficient (Wildman–Crippen LogP) is 6.11. The molecular formula is C27H21ClN2O5. The number of hydrogen-bond acceptors (Lipinski definition) is 6. The van der Waals surface area contributed by atoms with Gasteiger partial charge in [0.2, 0.25) is 0 Å². The molecule has 176 valence electrons. The Morgan fingerprint density at radius 3 is 2.46 bits per heavy atom. The van der Waals surface area contributed by atoms with Gasteiger partial charge < -0.3 is 10.1 Å². The summed E-state index contributed by atoms with van der Waals surface area (Å²) in [6.07, 6.45) is 5.12. The van der Waals surface area contributed by atoms with Crippen molar-refractivity contribution in [2.75, 3.05) is 11.9 Å². The Morgan fingerprint density at radius 2 is 1.74 bits per heavy atom. The van der Waals surface area contributed by atoms with Crippen LogP contribution < -0.4 is 5.32 Å². The van der Waals surface area contributed by atoms with Crippen LogP contribution >= 0.6 is 11.6 Å². The molecule has 1 aliphatic heterocycles. The molecule has 5 rings (SSSR count). The fourth-order valence-corrected chi connectivity index (χ4v) is 4.91. The molecule has 35 heavy (non-hydrogen) atoms. The number of carbonyl (C=O) groups excluding carboxylic acids is 2. The minimum Gasteiger partial charge on any atom is -0.454 e. The number of ketones is 1. The van der Waals surface area contributed by atoms with Crippen molar-refractivity contribution in [3.8, 4) is 0 Å². The summed E-state index contributed by atoms with van der Waals surface area (Å²) in [5, 5.41) is 15.1. The number of fused-ring (bicyclic) bond motifs is 3. The number of non-ortho nitro benzene ring substituents is 1. The second-order valence-corrected chi connectivity index (χ2v) is 9.07. The van der Waals surface area contributed by atoms with E-state index >= 15 is 0 Å². The normalized spacial score (nSPS) is 19.9. The van der Waals surface area contributed by atoms with Gasteiger partial charge >= 0.3 is 5.97 Å². The lowest BCUT2D eigenvalue weighted by molar-refractivity contribution is -0.384. The van der Waals surface area contributed by atoms with Crippen molar-refractivity contribution in [2.45, 2.75) is 18.4 Å². The standard InChI is InChI=1S/C27H21ClN2O5/c28-19-9-4-16(5-10-19)25(31)15-35-27(32)18-8-13-24-23(14-18)21-2-1-3-22(21)26(29-24)17-6-11-20(12-7-17)30(33)34/h1-2,4-14,21-22,26,29H,3,15H2/t21-,22-,26+/m1/s1. The van der Waals surface area contributed by atoms with Crippen LogP contribution in [0, 0.1) is 16.0 Å². The fourth-order valence-electron chi connectivity index (χ4n) is 4.79. The number of allylic oxidation sites excluding steroid dienone is 2. The molecule has 3 aromatic rings. The molecule has 0 amide bonds. The van der Waals surface area contributed by atoms with Gasteiger partial charge in [-0.15, -0.1) is 0 Å². The van der Waals surface area contributed by atoms with Gasteiger partial charge in [-0.3, -0.25) is 14.9 Å². The van der Waals surface area contributed by atoms with E-state index in [1.165, 1.54) is 12.1 Å². The first-order chi connectivity index (χ1) is 16.9. The number of nitro groups is 1. The van der Waals surface area contributed by atoms with Crippen molar-refractivity contribution in [3.63, 3.8) is 0 Å². The van der Waals surface area contributed by atoms with Crippen molar-refractivity contribution >= 4 is 34.7 Å².